The highest BCUT2D eigenvalue weighted by Crippen LogP contribution is 2.18. The maximum Gasteiger partial charge on any atom is 0.338 e. The van der Waals surface area contributed by atoms with Crippen LogP contribution in [0.3, 0.4) is 0 Å². The van der Waals surface area contributed by atoms with Gasteiger partial charge in [0, 0.05) is 6.04 Å². The van der Waals surface area contributed by atoms with Crippen molar-refractivity contribution < 1.29 is 19.1 Å². The molecule has 1 aliphatic carbocycles. The standard InChI is InChI=1S/C11H14N2O4/c14-10(13-8-1-2-8)5-12-4-9-3-7(6-17-9)11(15)16/h3,6,8,12H,1-2,4-5H2,(H,13,14)(H,15,16). The van der Waals surface area contributed by atoms with Gasteiger partial charge in [-0.15, -0.1) is 0 Å². The second-order valence-corrected chi connectivity index (χ2v) is 4.05. The molecule has 1 aliphatic rings. The first kappa shape index (κ1) is 11.7. The third-order valence-electron chi connectivity index (χ3n) is 2.43. The first-order chi connectivity index (χ1) is 8.15. The zero-order valence-corrected chi connectivity index (χ0v) is 9.23. The Morgan fingerprint density at radius 2 is 2.24 bits per heavy atom. The molecule has 6 nitrogen and oxygen atoms in total. The Hall–Kier alpha value is -1.82. The molecule has 0 aromatic carbocycles. The van der Waals surface area contributed by atoms with E-state index >= 15 is 0 Å². The molecule has 0 saturated heterocycles. The van der Waals surface area contributed by atoms with E-state index < -0.39 is 5.97 Å². The number of amides is 1. The summed E-state index contributed by atoms with van der Waals surface area (Å²) < 4.78 is 5.03. The molecule has 6 heteroatoms. The zero-order chi connectivity index (χ0) is 12.3. The van der Waals surface area contributed by atoms with Crippen molar-refractivity contribution in [3.8, 4) is 0 Å². The van der Waals surface area contributed by atoms with Crippen molar-refractivity contribution in [3.63, 3.8) is 0 Å². The van der Waals surface area contributed by atoms with E-state index in [0.29, 0.717) is 18.3 Å². The molecule has 0 aliphatic heterocycles. The monoisotopic (exact) mass is 238 g/mol. The minimum absolute atomic E-state index is 0.0440. The van der Waals surface area contributed by atoms with Gasteiger partial charge < -0.3 is 20.2 Å². The number of carboxylic acids is 1. The van der Waals surface area contributed by atoms with Gasteiger partial charge in [0.2, 0.25) is 5.91 Å². The quantitative estimate of drug-likeness (QED) is 0.665. The summed E-state index contributed by atoms with van der Waals surface area (Å²) in [6, 6.07) is 1.79. The molecule has 1 saturated carbocycles. The normalized spacial score (nSPS) is 14.6. The van der Waals surface area contributed by atoms with Crippen molar-refractivity contribution >= 4 is 11.9 Å². The smallest absolute Gasteiger partial charge is 0.338 e. The van der Waals surface area contributed by atoms with E-state index in [0.717, 1.165) is 12.8 Å². The van der Waals surface area contributed by atoms with Gasteiger partial charge in [0.25, 0.3) is 0 Å². The number of furan rings is 1. The summed E-state index contributed by atoms with van der Waals surface area (Å²) in [5.41, 5.74) is 0.115. The lowest BCUT2D eigenvalue weighted by atomic mass is 10.3. The summed E-state index contributed by atoms with van der Waals surface area (Å²) in [5, 5.41) is 14.4. The molecule has 1 amide bonds. The average molecular weight is 238 g/mol. The molecule has 0 spiro atoms. The largest absolute Gasteiger partial charge is 0.478 e. The SMILES string of the molecule is O=C(CNCc1cc(C(=O)O)co1)NC1CC1. The van der Waals surface area contributed by atoms with Crippen LogP contribution in [0.1, 0.15) is 29.0 Å². The van der Waals surface area contributed by atoms with Gasteiger partial charge in [-0.05, 0) is 18.9 Å². The van der Waals surface area contributed by atoms with Crippen molar-refractivity contribution in [1.29, 1.82) is 0 Å². The minimum atomic E-state index is -1.02. The Morgan fingerprint density at radius 3 is 2.82 bits per heavy atom. The predicted octanol–water partition coefficient (Wildman–Crippen LogP) is 0.346. The summed E-state index contributed by atoms with van der Waals surface area (Å²) in [6.07, 6.45) is 3.31. The molecule has 1 aromatic heterocycles. The lowest BCUT2D eigenvalue weighted by Crippen LogP contribution is -2.34. The molecular weight excluding hydrogens is 224 g/mol. The first-order valence-electron chi connectivity index (χ1n) is 5.46. The van der Waals surface area contributed by atoms with Crippen LogP contribution in [0, 0.1) is 0 Å². The van der Waals surface area contributed by atoms with Crippen molar-refractivity contribution in [2.75, 3.05) is 6.54 Å². The number of hydrogen-bond acceptors (Lipinski definition) is 4. The number of carbonyl (C=O) groups excluding carboxylic acids is 1. The Balaban J connectivity index is 1.69. The van der Waals surface area contributed by atoms with Gasteiger partial charge in [-0.1, -0.05) is 0 Å². The topological polar surface area (TPSA) is 91.6 Å². The summed E-state index contributed by atoms with van der Waals surface area (Å²) in [6.45, 7) is 0.547. The number of nitrogens with one attached hydrogen (secondary N) is 2. The highest BCUT2D eigenvalue weighted by molar-refractivity contribution is 5.87. The molecule has 3 N–H and O–H groups in total. The Kier molecular flexibility index (Phi) is 3.43. The second kappa shape index (κ2) is 5.01. The van der Waals surface area contributed by atoms with Gasteiger partial charge in [0.05, 0.1) is 18.7 Å². The highest BCUT2D eigenvalue weighted by atomic mass is 16.4. The van der Waals surface area contributed by atoms with Crippen LogP contribution in [-0.4, -0.2) is 29.6 Å². The molecule has 2 rings (SSSR count). The number of rotatable bonds is 6. The molecule has 1 fully saturated rings. The van der Waals surface area contributed by atoms with Gasteiger partial charge >= 0.3 is 5.97 Å². The van der Waals surface area contributed by atoms with E-state index in [9.17, 15) is 9.59 Å². The molecule has 0 atom stereocenters. The first-order valence-corrected chi connectivity index (χ1v) is 5.46. The minimum Gasteiger partial charge on any atom is -0.478 e. The summed E-state index contributed by atoms with van der Waals surface area (Å²) >= 11 is 0. The number of carbonyl (C=O) groups is 2. The Labute approximate surface area is 98.0 Å². The molecular formula is C11H14N2O4. The number of hydrogen-bond donors (Lipinski definition) is 3. The van der Waals surface area contributed by atoms with Crippen LogP contribution in [-0.2, 0) is 11.3 Å². The van der Waals surface area contributed by atoms with Crippen molar-refractivity contribution in [2.24, 2.45) is 0 Å². The van der Waals surface area contributed by atoms with Crippen molar-refractivity contribution in [3.05, 3.63) is 23.7 Å². The molecule has 1 heterocycles. The molecule has 92 valence electrons. The lowest BCUT2D eigenvalue weighted by molar-refractivity contribution is -0.120. The maximum absolute atomic E-state index is 11.3. The third kappa shape index (κ3) is 3.60. The fraction of sp³-hybridized carbons (Fsp3) is 0.455. The zero-order valence-electron chi connectivity index (χ0n) is 9.23. The van der Waals surface area contributed by atoms with E-state index in [4.69, 9.17) is 9.52 Å². The van der Waals surface area contributed by atoms with Gasteiger partial charge in [0.1, 0.15) is 12.0 Å². The molecule has 17 heavy (non-hydrogen) atoms. The van der Waals surface area contributed by atoms with Crippen molar-refractivity contribution in [2.45, 2.75) is 25.4 Å². The van der Waals surface area contributed by atoms with Crippen LogP contribution in [0.5, 0.6) is 0 Å². The van der Waals surface area contributed by atoms with Crippen LogP contribution < -0.4 is 10.6 Å². The Morgan fingerprint density at radius 1 is 1.47 bits per heavy atom. The van der Waals surface area contributed by atoms with Crippen LogP contribution in [0.25, 0.3) is 0 Å². The summed E-state index contributed by atoms with van der Waals surface area (Å²) in [5.74, 6) is -0.564. The fourth-order valence-corrected chi connectivity index (χ4v) is 1.39. The van der Waals surface area contributed by atoms with Crippen molar-refractivity contribution in [1.82, 2.24) is 10.6 Å². The third-order valence-corrected chi connectivity index (χ3v) is 2.43. The molecule has 0 bridgehead atoms. The molecule has 1 aromatic rings. The van der Waals surface area contributed by atoms with E-state index in [1.54, 1.807) is 0 Å². The van der Waals surface area contributed by atoms with E-state index in [1.807, 2.05) is 0 Å². The van der Waals surface area contributed by atoms with Gasteiger partial charge in [-0.2, -0.15) is 0 Å². The second-order valence-electron chi connectivity index (χ2n) is 4.05. The van der Waals surface area contributed by atoms with Gasteiger partial charge in [0.15, 0.2) is 0 Å². The van der Waals surface area contributed by atoms with E-state index in [2.05, 4.69) is 10.6 Å². The van der Waals surface area contributed by atoms with Crippen LogP contribution in [0.2, 0.25) is 0 Å². The maximum atomic E-state index is 11.3. The number of aromatic carboxylic acids is 1. The predicted molar refractivity (Wildman–Crippen MR) is 58.5 cm³/mol. The van der Waals surface area contributed by atoms with Crippen LogP contribution in [0.4, 0.5) is 0 Å². The molecule has 0 radical (unpaired) electrons. The molecule has 0 unspecified atom stereocenters. The summed E-state index contributed by atoms with van der Waals surface area (Å²) in [7, 11) is 0. The average Bonchev–Trinajstić information content (AvgIpc) is 2.94. The highest BCUT2D eigenvalue weighted by Gasteiger charge is 2.22. The Bertz CT molecular complexity index is 423. The van der Waals surface area contributed by atoms with E-state index in [1.165, 1.54) is 12.3 Å². The number of carboxylic acid groups (broad SMARTS) is 1. The van der Waals surface area contributed by atoms with Gasteiger partial charge in [-0.3, -0.25) is 4.79 Å². The van der Waals surface area contributed by atoms with Gasteiger partial charge in [-0.25, -0.2) is 4.79 Å². The van der Waals surface area contributed by atoms with E-state index in [-0.39, 0.29) is 18.0 Å². The van der Waals surface area contributed by atoms with Crippen LogP contribution in [0.15, 0.2) is 16.7 Å². The van der Waals surface area contributed by atoms with Crippen LogP contribution >= 0.6 is 0 Å². The fourth-order valence-electron chi connectivity index (χ4n) is 1.39. The lowest BCUT2D eigenvalue weighted by Gasteiger charge is -2.03. The summed E-state index contributed by atoms with van der Waals surface area (Å²) in [4.78, 5) is 21.9.